The second-order valence-electron chi connectivity index (χ2n) is 6.31. The summed E-state index contributed by atoms with van der Waals surface area (Å²) >= 11 is 0. The molecule has 0 atom stereocenters. The van der Waals surface area contributed by atoms with E-state index >= 15 is 0 Å². The molecule has 0 saturated carbocycles. The molecule has 1 saturated heterocycles. The first-order chi connectivity index (χ1) is 12.2. The number of nitrogens with one attached hydrogen (secondary N) is 1. The highest BCUT2D eigenvalue weighted by Gasteiger charge is 2.19. The molecule has 1 aromatic heterocycles. The van der Waals surface area contributed by atoms with Gasteiger partial charge in [-0.1, -0.05) is 18.2 Å². The number of fused-ring (bicyclic) bond motifs is 1. The highest BCUT2D eigenvalue weighted by Crippen LogP contribution is 2.27. The van der Waals surface area contributed by atoms with Crippen LogP contribution in [0, 0.1) is 5.82 Å². The summed E-state index contributed by atoms with van der Waals surface area (Å²) in [6.07, 6.45) is 0. The standard InChI is InChI=1S/C19H20FN5/c1-24-9-11-25(12-10-24)18-16-7-2-3-8-17(16)22-19(23-18)21-15-6-4-5-14(20)13-15/h2-8,13H,9-12H2,1H3,(H,21,22,23). The monoisotopic (exact) mass is 337 g/mol. The van der Waals surface area contributed by atoms with Crippen molar-refractivity contribution in [2.24, 2.45) is 0 Å². The minimum Gasteiger partial charge on any atom is -0.353 e. The normalized spacial score (nSPS) is 15.5. The Bertz CT molecular complexity index is 890. The second kappa shape index (κ2) is 6.64. The molecule has 6 heteroatoms. The molecule has 4 rings (SSSR count). The minimum atomic E-state index is -0.287. The number of nitrogens with zero attached hydrogens (tertiary/aromatic N) is 4. The van der Waals surface area contributed by atoms with Crippen molar-refractivity contribution in [1.82, 2.24) is 14.9 Å². The molecule has 1 aliphatic heterocycles. The summed E-state index contributed by atoms with van der Waals surface area (Å²) in [6.45, 7) is 3.86. The molecule has 3 aromatic rings. The van der Waals surface area contributed by atoms with Crippen molar-refractivity contribution in [2.75, 3.05) is 43.4 Å². The lowest BCUT2D eigenvalue weighted by Gasteiger charge is -2.33. The molecule has 2 heterocycles. The van der Waals surface area contributed by atoms with Crippen molar-refractivity contribution in [3.8, 4) is 0 Å². The van der Waals surface area contributed by atoms with Crippen molar-refractivity contribution in [3.05, 3.63) is 54.3 Å². The first-order valence-corrected chi connectivity index (χ1v) is 8.42. The molecular formula is C19H20FN5. The molecular weight excluding hydrogens is 317 g/mol. The van der Waals surface area contributed by atoms with Crippen LogP contribution in [-0.4, -0.2) is 48.1 Å². The van der Waals surface area contributed by atoms with Gasteiger partial charge in [0.2, 0.25) is 5.95 Å². The van der Waals surface area contributed by atoms with Gasteiger partial charge in [-0.05, 0) is 37.4 Å². The van der Waals surface area contributed by atoms with E-state index in [0.717, 1.165) is 42.9 Å². The van der Waals surface area contributed by atoms with Crippen LogP contribution >= 0.6 is 0 Å². The summed E-state index contributed by atoms with van der Waals surface area (Å²) in [5.41, 5.74) is 1.52. The van der Waals surface area contributed by atoms with Crippen LogP contribution in [0.3, 0.4) is 0 Å². The van der Waals surface area contributed by atoms with E-state index in [9.17, 15) is 4.39 Å². The molecule has 1 fully saturated rings. The summed E-state index contributed by atoms with van der Waals surface area (Å²) in [5.74, 6) is 1.13. The Kier molecular flexibility index (Phi) is 4.19. The molecule has 5 nitrogen and oxygen atoms in total. The largest absolute Gasteiger partial charge is 0.353 e. The summed E-state index contributed by atoms with van der Waals surface area (Å²) in [7, 11) is 2.13. The Hall–Kier alpha value is -2.73. The van der Waals surface area contributed by atoms with Gasteiger partial charge in [0.05, 0.1) is 5.52 Å². The fraction of sp³-hybridized carbons (Fsp3) is 0.263. The Balaban J connectivity index is 1.73. The average molecular weight is 337 g/mol. The van der Waals surface area contributed by atoms with E-state index in [0.29, 0.717) is 11.6 Å². The highest BCUT2D eigenvalue weighted by molar-refractivity contribution is 5.90. The molecule has 1 aliphatic rings. The molecule has 0 spiro atoms. The maximum absolute atomic E-state index is 13.4. The van der Waals surface area contributed by atoms with E-state index in [1.165, 1.54) is 12.1 Å². The van der Waals surface area contributed by atoms with Crippen molar-refractivity contribution in [3.63, 3.8) is 0 Å². The van der Waals surface area contributed by atoms with Crippen molar-refractivity contribution in [1.29, 1.82) is 0 Å². The minimum absolute atomic E-state index is 0.287. The zero-order valence-electron chi connectivity index (χ0n) is 14.1. The number of hydrogen-bond donors (Lipinski definition) is 1. The number of piperazine rings is 1. The fourth-order valence-electron chi connectivity index (χ4n) is 3.07. The Morgan fingerprint density at radius 2 is 1.76 bits per heavy atom. The zero-order chi connectivity index (χ0) is 17.2. The Morgan fingerprint density at radius 3 is 2.56 bits per heavy atom. The van der Waals surface area contributed by atoms with Crippen LogP contribution < -0.4 is 10.2 Å². The predicted octanol–water partition coefficient (Wildman–Crippen LogP) is 3.26. The molecule has 0 radical (unpaired) electrons. The third-order valence-corrected chi connectivity index (χ3v) is 4.47. The van der Waals surface area contributed by atoms with Crippen LogP contribution in [0.2, 0.25) is 0 Å². The second-order valence-corrected chi connectivity index (χ2v) is 6.31. The Labute approximate surface area is 146 Å². The molecule has 0 unspecified atom stereocenters. The molecule has 128 valence electrons. The lowest BCUT2D eigenvalue weighted by atomic mass is 10.2. The average Bonchev–Trinajstić information content (AvgIpc) is 2.62. The number of hydrogen-bond acceptors (Lipinski definition) is 5. The van der Waals surface area contributed by atoms with E-state index in [4.69, 9.17) is 4.98 Å². The summed E-state index contributed by atoms with van der Waals surface area (Å²) in [6, 6.07) is 14.3. The molecule has 25 heavy (non-hydrogen) atoms. The van der Waals surface area contributed by atoms with Gasteiger partial charge >= 0.3 is 0 Å². The van der Waals surface area contributed by atoms with E-state index < -0.39 is 0 Å². The van der Waals surface area contributed by atoms with Gasteiger partial charge in [0, 0.05) is 37.3 Å². The fourth-order valence-corrected chi connectivity index (χ4v) is 3.07. The van der Waals surface area contributed by atoms with Crippen LogP contribution in [-0.2, 0) is 0 Å². The number of para-hydroxylation sites is 1. The summed E-state index contributed by atoms with van der Waals surface area (Å²) < 4.78 is 13.4. The van der Waals surface area contributed by atoms with Gasteiger partial charge in [0.25, 0.3) is 0 Å². The molecule has 0 aliphatic carbocycles. The van der Waals surface area contributed by atoms with Gasteiger partial charge in [-0.15, -0.1) is 0 Å². The van der Waals surface area contributed by atoms with Crippen molar-refractivity contribution >= 4 is 28.4 Å². The topological polar surface area (TPSA) is 44.3 Å². The predicted molar refractivity (Wildman–Crippen MR) is 98.9 cm³/mol. The van der Waals surface area contributed by atoms with Crippen LogP contribution in [0.5, 0.6) is 0 Å². The van der Waals surface area contributed by atoms with Crippen molar-refractivity contribution in [2.45, 2.75) is 0 Å². The van der Waals surface area contributed by atoms with E-state index in [1.807, 2.05) is 18.2 Å². The quantitative estimate of drug-likeness (QED) is 0.795. The molecule has 0 bridgehead atoms. The van der Waals surface area contributed by atoms with Gasteiger partial charge in [0.15, 0.2) is 0 Å². The number of likely N-dealkylation sites (N-methyl/N-ethyl adjacent to an activating group) is 1. The van der Waals surface area contributed by atoms with E-state index in [2.05, 4.69) is 33.2 Å². The molecule has 0 amide bonds. The van der Waals surface area contributed by atoms with Gasteiger partial charge < -0.3 is 15.1 Å². The number of aromatic nitrogens is 2. The number of rotatable bonds is 3. The first kappa shape index (κ1) is 15.8. The van der Waals surface area contributed by atoms with Crippen LogP contribution in [0.15, 0.2) is 48.5 Å². The van der Waals surface area contributed by atoms with Gasteiger partial charge in [-0.25, -0.2) is 9.37 Å². The number of benzene rings is 2. The van der Waals surface area contributed by atoms with E-state index in [1.54, 1.807) is 12.1 Å². The third-order valence-electron chi connectivity index (χ3n) is 4.47. The van der Waals surface area contributed by atoms with Gasteiger partial charge in [0.1, 0.15) is 11.6 Å². The van der Waals surface area contributed by atoms with Crippen LogP contribution in [0.4, 0.5) is 21.8 Å². The zero-order valence-corrected chi connectivity index (χ0v) is 14.1. The summed E-state index contributed by atoms with van der Waals surface area (Å²) in [5, 5.41) is 4.16. The SMILES string of the molecule is CN1CCN(c2nc(Nc3cccc(F)c3)nc3ccccc23)CC1. The third kappa shape index (κ3) is 3.39. The van der Waals surface area contributed by atoms with Crippen molar-refractivity contribution < 1.29 is 4.39 Å². The Morgan fingerprint density at radius 1 is 0.960 bits per heavy atom. The lowest BCUT2D eigenvalue weighted by molar-refractivity contribution is 0.312. The smallest absolute Gasteiger partial charge is 0.229 e. The number of halogens is 1. The molecule has 2 aromatic carbocycles. The van der Waals surface area contributed by atoms with Crippen LogP contribution in [0.25, 0.3) is 10.9 Å². The summed E-state index contributed by atoms with van der Waals surface area (Å²) in [4.78, 5) is 13.9. The maximum Gasteiger partial charge on any atom is 0.229 e. The lowest BCUT2D eigenvalue weighted by Crippen LogP contribution is -2.45. The van der Waals surface area contributed by atoms with Crippen LogP contribution in [0.1, 0.15) is 0 Å². The van der Waals surface area contributed by atoms with Gasteiger partial charge in [-0.3, -0.25) is 0 Å². The van der Waals surface area contributed by atoms with Gasteiger partial charge in [-0.2, -0.15) is 4.98 Å². The first-order valence-electron chi connectivity index (χ1n) is 8.42. The highest BCUT2D eigenvalue weighted by atomic mass is 19.1. The number of anilines is 3. The maximum atomic E-state index is 13.4. The van der Waals surface area contributed by atoms with E-state index in [-0.39, 0.29) is 5.82 Å². The molecule has 1 N–H and O–H groups in total.